The van der Waals surface area contributed by atoms with Crippen molar-refractivity contribution in [3.63, 3.8) is 0 Å². The van der Waals surface area contributed by atoms with Gasteiger partial charge in [-0.25, -0.2) is 0 Å². The lowest BCUT2D eigenvalue weighted by molar-refractivity contribution is 0.112. The minimum Gasteiger partial charge on any atom is -0.507 e. The Morgan fingerprint density at radius 2 is 1.74 bits per heavy atom. The van der Waals surface area contributed by atoms with Crippen molar-refractivity contribution in [2.24, 2.45) is 0 Å². The first kappa shape index (κ1) is 21.4. The molecular formula is C16H21NO8S2. The van der Waals surface area contributed by atoms with Crippen LogP contribution >= 0.6 is 0 Å². The molecule has 0 aliphatic carbocycles. The third-order valence-electron chi connectivity index (χ3n) is 4.25. The van der Waals surface area contributed by atoms with Crippen LogP contribution in [0.2, 0.25) is 0 Å². The van der Waals surface area contributed by atoms with Crippen LogP contribution in [-0.4, -0.2) is 60.9 Å². The van der Waals surface area contributed by atoms with Crippen molar-refractivity contribution in [2.75, 3.05) is 23.0 Å². The fourth-order valence-corrected chi connectivity index (χ4v) is 4.32. The lowest BCUT2D eigenvalue weighted by atomic mass is 9.87. The predicted molar refractivity (Wildman–Crippen MR) is 100 cm³/mol. The monoisotopic (exact) mass is 419 g/mol. The molecule has 1 heterocycles. The maximum Gasteiger partial charge on any atom is 0.269 e. The Morgan fingerprint density at radius 3 is 2.26 bits per heavy atom. The molecule has 0 spiro atoms. The van der Waals surface area contributed by atoms with Gasteiger partial charge in [0, 0.05) is 23.9 Å². The summed E-state index contributed by atoms with van der Waals surface area (Å²) in [4.78, 5) is 12.9. The van der Waals surface area contributed by atoms with Gasteiger partial charge in [-0.05, 0) is 31.9 Å². The molecule has 1 aromatic rings. The van der Waals surface area contributed by atoms with E-state index in [1.165, 1.54) is 12.1 Å². The maximum absolute atomic E-state index is 11.4. The summed E-state index contributed by atoms with van der Waals surface area (Å²) in [6.45, 7) is 3.67. The molecule has 3 N–H and O–H groups in total. The first-order valence-electron chi connectivity index (χ1n) is 7.96. The maximum atomic E-state index is 11.4. The molecule has 0 saturated heterocycles. The van der Waals surface area contributed by atoms with Gasteiger partial charge in [-0.15, -0.1) is 0 Å². The van der Waals surface area contributed by atoms with E-state index in [1.807, 2.05) is 0 Å². The second-order valence-electron chi connectivity index (χ2n) is 6.89. The largest absolute Gasteiger partial charge is 0.507 e. The number of carbonyl (C=O) groups excluding carboxylic acids is 1. The molecule has 150 valence electrons. The summed E-state index contributed by atoms with van der Waals surface area (Å²) in [5.74, 6) is -1.45. The van der Waals surface area contributed by atoms with Crippen LogP contribution in [0.3, 0.4) is 0 Å². The number of hydrogen-bond donors (Lipinski definition) is 3. The summed E-state index contributed by atoms with van der Waals surface area (Å²) in [6, 6.07) is 2.62. The highest BCUT2D eigenvalue weighted by atomic mass is 32.2. The Labute approximate surface area is 157 Å². The van der Waals surface area contributed by atoms with Crippen LogP contribution in [0.4, 0.5) is 5.69 Å². The van der Waals surface area contributed by atoms with Crippen molar-refractivity contribution in [1.29, 1.82) is 0 Å². The number of carbonyl (C=O) groups is 1. The molecule has 1 aromatic carbocycles. The number of anilines is 1. The van der Waals surface area contributed by atoms with Crippen LogP contribution in [0, 0.1) is 0 Å². The number of nitrogens with zero attached hydrogens (tertiary/aromatic N) is 1. The number of phenolic OH excluding ortho intramolecular Hbond substituents is 1. The van der Waals surface area contributed by atoms with Gasteiger partial charge in [0.25, 0.3) is 20.2 Å². The Kier molecular flexibility index (Phi) is 5.71. The molecule has 11 heteroatoms. The highest BCUT2D eigenvalue weighted by molar-refractivity contribution is 7.86. The molecule has 1 aliphatic heterocycles. The SMILES string of the molecule is CC1(C)C=C(CS(=O)(=O)O)c2cc(C=O)c(O)cc2N1CCCS(=O)(=O)O. The van der Waals surface area contributed by atoms with E-state index in [4.69, 9.17) is 4.55 Å². The minimum atomic E-state index is -4.35. The summed E-state index contributed by atoms with van der Waals surface area (Å²) in [5, 5.41) is 10.0. The summed E-state index contributed by atoms with van der Waals surface area (Å²) in [7, 11) is -8.49. The van der Waals surface area contributed by atoms with Gasteiger partial charge >= 0.3 is 0 Å². The number of phenols is 1. The fourth-order valence-electron chi connectivity index (χ4n) is 3.19. The van der Waals surface area contributed by atoms with Gasteiger partial charge in [0.2, 0.25) is 0 Å². The zero-order valence-electron chi connectivity index (χ0n) is 14.8. The molecule has 0 atom stereocenters. The molecule has 1 aliphatic rings. The van der Waals surface area contributed by atoms with Gasteiger partial charge in [-0.1, -0.05) is 6.08 Å². The van der Waals surface area contributed by atoms with E-state index in [9.17, 15) is 31.3 Å². The lowest BCUT2D eigenvalue weighted by Gasteiger charge is -2.43. The minimum absolute atomic E-state index is 0.0485. The van der Waals surface area contributed by atoms with Gasteiger partial charge in [0.05, 0.1) is 16.9 Å². The van der Waals surface area contributed by atoms with Gasteiger partial charge in [-0.2, -0.15) is 16.8 Å². The van der Waals surface area contributed by atoms with Crippen LogP contribution in [-0.2, 0) is 20.2 Å². The first-order chi connectivity index (χ1) is 12.2. The molecule has 0 saturated carbocycles. The van der Waals surface area contributed by atoms with Crippen LogP contribution in [0.25, 0.3) is 5.57 Å². The van der Waals surface area contributed by atoms with E-state index < -0.39 is 37.3 Å². The number of fused-ring (bicyclic) bond motifs is 1. The number of hydrogen-bond acceptors (Lipinski definition) is 7. The second kappa shape index (κ2) is 7.23. The van der Waals surface area contributed by atoms with E-state index in [1.54, 1.807) is 24.8 Å². The Hall–Kier alpha value is -1.95. The molecule has 27 heavy (non-hydrogen) atoms. The summed E-state index contributed by atoms with van der Waals surface area (Å²) in [6.07, 6.45) is 2.10. The average Bonchev–Trinajstić information content (AvgIpc) is 2.46. The summed E-state index contributed by atoms with van der Waals surface area (Å²) in [5.41, 5.74) is 0.138. The van der Waals surface area contributed by atoms with Crippen molar-refractivity contribution in [2.45, 2.75) is 25.8 Å². The molecule has 0 bridgehead atoms. The molecule has 0 fully saturated rings. The molecule has 2 rings (SSSR count). The molecule has 0 amide bonds. The number of aromatic hydroxyl groups is 1. The number of aldehydes is 1. The predicted octanol–water partition coefficient (Wildman–Crippen LogP) is 1.35. The van der Waals surface area contributed by atoms with Crippen LogP contribution in [0.1, 0.15) is 36.2 Å². The molecule has 0 aromatic heterocycles. The topological polar surface area (TPSA) is 149 Å². The molecule has 9 nitrogen and oxygen atoms in total. The van der Waals surface area contributed by atoms with Gasteiger partial charge in [-0.3, -0.25) is 13.9 Å². The highest BCUT2D eigenvalue weighted by Gasteiger charge is 2.34. The molecule has 0 radical (unpaired) electrons. The molecular weight excluding hydrogens is 398 g/mol. The normalized spacial score (nSPS) is 16.6. The summed E-state index contributed by atoms with van der Waals surface area (Å²) >= 11 is 0. The molecule has 0 unspecified atom stereocenters. The fraction of sp³-hybridized carbons (Fsp3) is 0.438. The number of benzene rings is 1. The Morgan fingerprint density at radius 1 is 1.11 bits per heavy atom. The van der Waals surface area contributed by atoms with Crippen molar-refractivity contribution in [3.8, 4) is 5.75 Å². The van der Waals surface area contributed by atoms with Crippen molar-refractivity contribution in [1.82, 2.24) is 0 Å². The van der Waals surface area contributed by atoms with Crippen LogP contribution in [0.15, 0.2) is 18.2 Å². The lowest BCUT2D eigenvalue weighted by Crippen LogP contribution is -2.46. The van der Waals surface area contributed by atoms with E-state index in [-0.39, 0.29) is 29.9 Å². The zero-order chi connectivity index (χ0) is 20.6. The number of rotatable bonds is 7. The van der Waals surface area contributed by atoms with Crippen molar-refractivity contribution < 1.29 is 35.8 Å². The van der Waals surface area contributed by atoms with E-state index >= 15 is 0 Å². The standard InChI is InChI=1S/C16H21NO8S2/c1-16(2)8-12(10-27(23,24)25)13-6-11(9-18)15(19)7-14(13)17(16)4-3-5-26(20,21)22/h6-9,19H,3-5,10H2,1-2H3,(H,20,21,22)(H,23,24,25). The van der Waals surface area contributed by atoms with Gasteiger partial charge in [0.15, 0.2) is 6.29 Å². The smallest absolute Gasteiger partial charge is 0.269 e. The first-order valence-corrected chi connectivity index (χ1v) is 11.2. The third-order valence-corrected chi connectivity index (χ3v) is 5.73. The second-order valence-corrected chi connectivity index (χ2v) is 9.91. The zero-order valence-corrected chi connectivity index (χ0v) is 16.4. The van der Waals surface area contributed by atoms with Crippen molar-refractivity contribution in [3.05, 3.63) is 29.3 Å². The highest BCUT2D eigenvalue weighted by Crippen LogP contribution is 2.42. The van der Waals surface area contributed by atoms with Gasteiger partial charge in [0.1, 0.15) is 11.5 Å². The quantitative estimate of drug-likeness (QED) is 0.439. The van der Waals surface area contributed by atoms with E-state index in [0.717, 1.165) is 0 Å². The van der Waals surface area contributed by atoms with Crippen molar-refractivity contribution >= 4 is 37.8 Å². The van der Waals surface area contributed by atoms with Gasteiger partial charge < -0.3 is 10.0 Å². The summed E-state index contributed by atoms with van der Waals surface area (Å²) < 4.78 is 62.9. The van der Waals surface area contributed by atoms with E-state index in [0.29, 0.717) is 17.5 Å². The van der Waals surface area contributed by atoms with E-state index in [2.05, 4.69) is 0 Å². The average molecular weight is 419 g/mol. The van der Waals surface area contributed by atoms with Crippen LogP contribution in [0.5, 0.6) is 5.75 Å². The Bertz CT molecular complexity index is 993. The third kappa shape index (κ3) is 5.28. The van der Waals surface area contributed by atoms with Crippen LogP contribution < -0.4 is 4.90 Å². The Balaban J connectivity index is 2.56.